The van der Waals surface area contributed by atoms with Crippen LogP contribution in [-0.2, 0) is 4.74 Å². The molecule has 3 aromatic rings. The molecule has 0 saturated carbocycles. The zero-order valence-corrected chi connectivity index (χ0v) is 19.2. The van der Waals surface area contributed by atoms with Crippen molar-refractivity contribution in [1.29, 1.82) is 0 Å². The number of para-hydroxylation sites is 1. The van der Waals surface area contributed by atoms with E-state index >= 15 is 0 Å². The van der Waals surface area contributed by atoms with E-state index in [0.29, 0.717) is 48.6 Å². The number of carbonyl (C=O) groups is 1. The smallest absolute Gasteiger partial charge is 0.290 e. The Labute approximate surface area is 192 Å². The van der Waals surface area contributed by atoms with Crippen LogP contribution in [0.1, 0.15) is 38.9 Å². The van der Waals surface area contributed by atoms with Gasteiger partial charge in [0.25, 0.3) is 5.91 Å². The number of nitrogens with zero attached hydrogens (tertiary/aromatic N) is 2. The van der Waals surface area contributed by atoms with Gasteiger partial charge in [0.05, 0.1) is 37.3 Å². The number of benzene rings is 2. The summed E-state index contributed by atoms with van der Waals surface area (Å²) >= 11 is 0. The Morgan fingerprint density at radius 2 is 1.76 bits per heavy atom. The van der Waals surface area contributed by atoms with Crippen LogP contribution in [0.3, 0.4) is 0 Å². The number of morpholine rings is 1. The van der Waals surface area contributed by atoms with Crippen molar-refractivity contribution in [2.45, 2.75) is 19.9 Å². The van der Waals surface area contributed by atoms with Crippen molar-refractivity contribution in [1.82, 2.24) is 9.80 Å². The Morgan fingerprint density at radius 1 is 1.03 bits per heavy atom. The van der Waals surface area contributed by atoms with Crippen LogP contribution in [0.15, 0.2) is 45.6 Å². The van der Waals surface area contributed by atoms with Crippen LogP contribution in [0.5, 0.6) is 5.75 Å². The molecule has 2 aromatic carbocycles. The van der Waals surface area contributed by atoms with Crippen molar-refractivity contribution < 1.29 is 18.7 Å². The summed E-state index contributed by atoms with van der Waals surface area (Å²) < 4.78 is 17.2. The average Bonchev–Trinajstić information content (AvgIpc) is 3.11. The van der Waals surface area contributed by atoms with E-state index in [1.54, 1.807) is 12.0 Å². The largest absolute Gasteiger partial charge is 0.496 e. The minimum Gasteiger partial charge on any atom is -0.496 e. The molecule has 33 heavy (non-hydrogen) atoms. The van der Waals surface area contributed by atoms with Crippen molar-refractivity contribution >= 4 is 16.9 Å². The number of carbonyl (C=O) groups excluding carboxylic acids is 1. The number of methoxy groups -OCH3 is 1. The van der Waals surface area contributed by atoms with Gasteiger partial charge >= 0.3 is 0 Å². The molecule has 2 aliphatic heterocycles. The SMILES string of the molecule is COc1ccccc1[C@H]1c2c(oc3cc(C)c(C)cc3c2=O)C(=O)N1CCN1CCOCC1. The summed E-state index contributed by atoms with van der Waals surface area (Å²) in [5.74, 6) is 0.513. The fraction of sp³-hybridized carbons (Fsp3) is 0.385. The monoisotopic (exact) mass is 448 g/mol. The van der Waals surface area contributed by atoms with Crippen LogP contribution in [0, 0.1) is 13.8 Å². The first-order chi connectivity index (χ1) is 16.0. The summed E-state index contributed by atoms with van der Waals surface area (Å²) in [6.45, 7) is 8.14. The van der Waals surface area contributed by atoms with E-state index in [4.69, 9.17) is 13.9 Å². The molecule has 1 saturated heterocycles. The maximum Gasteiger partial charge on any atom is 0.290 e. The maximum absolute atomic E-state index is 13.8. The Kier molecular flexibility index (Phi) is 5.68. The summed E-state index contributed by atoms with van der Waals surface area (Å²) in [7, 11) is 1.60. The highest BCUT2D eigenvalue weighted by Gasteiger charge is 2.43. The van der Waals surface area contributed by atoms with E-state index in [-0.39, 0.29) is 17.1 Å². The van der Waals surface area contributed by atoms with Gasteiger partial charge in [-0.25, -0.2) is 0 Å². The van der Waals surface area contributed by atoms with Gasteiger partial charge < -0.3 is 18.8 Å². The molecule has 7 nitrogen and oxygen atoms in total. The van der Waals surface area contributed by atoms with Gasteiger partial charge in [-0.05, 0) is 43.2 Å². The summed E-state index contributed by atoms with van der Waals surface area (Å²) in [5.41, 5.74) is 3.49. The number of ether oxygens (including phenoxy) is 2. The van der Waals surface area contributed by atoms with Crippen LogP contribution >= 0.6 is 0 Å². The van der Waals surface area contributed by atoms with E-state index in [2.05, 4.69) is 4.90 Å². The van der Waals surface area contributed by atoms with Gasteiger partial charge in [0.2, 0.25) is 5.76 Å². The highest BCUT2D eigenvalue weighted by Crippen LogP contribution is 2.41. The third-order valence-corrected chi connectivity index (χ3v) is 6.78. The molecule has 1 atom stereocenters. The lowest BCUT2D eigenvalue weighted by molar-refractivity contribution is 0.0314. The first-order valence-corrected chi connectivity index (χ1v) is 11.3. The minimum atomic E-state index is -0.563. The van der Waals surface area contributed by atoms with Gasteiger partial charge in [0.1, 0.15) is 11.3 Å². The normalized spacial score (nSPS) is 18.7. The quantitative estimate of drug-likeness (QED) is 0.597. The molecule has 172 valence electrons. The Hall–Kier alpha value is -3.16. The van der Waals surface area contributed by atoms with Gasteiger partial charge in [-0.15, -0.1) is 0 Å². The predicted molar refractivity (Wildman–Crippen MR) is 125 cm³/mol. The molecule has 0 unspecified atom stereocenters. The van der Waals surface area contributed by atoms with Gasteiger partial charge in [-0.2, -0.15) is 0 Å². The molecule has 1 fully saturated rings. The van der Waals surface area contributed by atoms with Gasteiger partial charge in [0.15, 0.2) is 5.43 Å². The second-order valence-electron chi connectivity index (χ2n) is 8.70. The lowest BCUT2D eigenvalue weighted by Crippen LogP contribution is -2.42. The minimum absolute atomic E-state index is 0.133. The second-order valence-corrected chi connectivity index (χ2v) is 8.70. The Balaban J connectivity index is 1.65. The Morgan fingerprint density at radius 3 is 2.52 bits per heavy atom. The van der Waals surface area contributed by atoms with Crippen molar-refractivity contribution in [3.8, 4) is 5.75 Å². The van der Waals surface area contributed by atoms with E-state index in [9.17, 15) is 9.59 Å². The molecule has 0 radical (unpaired) electrons. The van der Waals surface area contributed by atoms with E-state index in [1.165, 1.54) is 0 Å². The van der Waals surface area contributed by atoms with E-state index in [1.807, 2.05) is 50.2 Å². The van der Waals surface area contributed by atoms with E-state index < -0.39 is 6.04 Å². The number of fused-ring (bicyclic) bond motifs is 2. The maximum atomic E-state index is 13.8. The standard InChI is InChI=1S/C26H28N2O5/c1-16-14-19-21(15-17(16)2)33-25-22(24(19)29)23(18-6-4-5-7-20(18)31-3)28(26(25)30)9-8-27-10-12-32-13-11-27/h4-7,14-15,23H,8-13H2,1-3H3/t23-/m0/s1. The number of hydrogen-bond donors (Lipinski definition) is 0. The number of hydrogen-bond acceptors (Lipinski definition) is 6. The molecule has 0 bridgehead atoms. The van der Waals surface area contributed by atoms with Crippen molar-refractivity contribution in [2.75, 3.05) is 46.5 Å². The molecule has 3 heterocycles. The first-order valence-electron chi connectivity index (χ1n) is 11.3. The fourth-order valence-electron chi connectivity index (χ4n) is 4.80. The highest BCUT2D eigenvalue weighted by atomic mass is 16.5. The fourth-order valence-corrected chi connectivity index (χ4v) is 4.80. The molecule has 0 aliphatic carbocycles. The van der Waals surface area contributed by atoms with Gasteiger partial charge in [-0.3, -0.25) is 14.5 Å². The average molecular weight is 449 g/mol. The molecular weight excluding hydrogens is 420 g/mol. The summed E-state index contributed by atoms with van der Waals surface area (Å²) in [6, 6.07) is 10.7. The summed E-state index contributed by atoms with van der Waals surface area (Å²) in [4.78, 5) is 31.4. The first kappa shape index (κ1) is 21.7. The van der Waals surface area contributed by atoms with E-state index in [0.717, 1.165) is 29.8 Å². The highest BCUT2D eigenvalue weighted by molar-refractivity contribution is 5.99. The zero-order valence-electron chi connectivity index (χ0n) is 19.2. The third kappa shape index (κ3) is 3.71. The summed E-state index contributed by atoms with van der Waals surface area (Å²) in [6.07, 6.45) is 0. The van der Waals surface area contributed by atoms with Crippen LogP contribution in [0.4, 0.5) is 0 Å². The lowest BCUT2D eigenvalue weighted by atomic mass is 9.96. The topological polar surface area (TPSA) is 72.2 Å². The van der Waals surface area contributed by atoms with Crippen LogP contribution in [0.25, 0.3) is 11.0 Å². The van der Waals surface area contributed by atoms with Crippen LogP contribution in [-0.4, -0.2) is 62.2 Å². The van der Waals surface area contributed by atoms with Crippen molar-refractivity contribution in [2.24, 2.45) is 0 Å². The number of aryl methyl sites for hydroxylation is 2. The molecular formula is C26H28N2O5. The predicted octanol–water partition coefficient (Wildman–Crippen LogP) is 3.30. The van der Waals surface area contributed by atoms with Gasteiger partial charge in [0, 0.05) is 31.7 Å². The van der Waals surface area contributed by atoms with Crippen LogP contribution in [0.2, 0.25) is 0 Å². The molecule has 7 heteroatoms. The van der Waals surface area contributed by atoms with Crippen molar-refractivity contribution in [3.63, 3.8) is 0 Å². The third-order valence-electron chi connectivity index (χ3n) is 6.78. The molecule has 0 N–H and O–H groups in total. The molecule has 1 amide bonds. The zero-order chi connectivity index (χ0) is 23.1. The summed E-state index contributed by atoms with van der Waals surface area (Å²) in [5, 5.41) is 0.500. The molecule has 1 aromatic heterocycles. The number of amides is 1. The Bertz CT molecular complexity index is 1280. The number of rotatable bonds is 5. The molecule has 0 spiro atoms. The lowest BCUT2D eigenvalue weighted by Gasteiger charge is -2.31. The second kappa shape index (κ2) is 8.65. The van der Waals surface area contributed by atoms with Gasteiger partial charge in [-0.1, -0.05) is 18.2 Å². The molecule has 2 aliphatic rings. The van der Waals surface area contributed by atoms with Crippen molar-refractivity contribution in [3.05, 3.63) is 74.6 Å². The molecule has 5 rings (SSSR count). The van der Waals surface area contributed by atoms with Crippen LogP contribution < -0.4 is 10.2 Å².